The normalized spacial score (nSPS) is 10.8. The Labute approximate surface area is 125 Å². The van der Waals surface area contributed by atoms with Crippen molar-refractivity contribution in [2.75, 3.05) is 0 Å². The van der Waals surface area contributed by atoms with Gasteiger partial charge in [0.25, 0.3) is 0 Å². The fourth-order valence-electron chi connectivity index (χ4n) is 1.25. The van der Waals surface area contributed by atoms with Crippen molar-refractivity contribution in [2.24, 2.45) is 0 Å². The fourth-order valence-corrected chi connectivity index (χ4v) is 3.55. The van der Waals surface area contributed by atoms with E-state index in [9.17, 15) is 0 Å². The van der Waals surface area contributed by atoms with E-state index in [1.54, 1.807) is 11.3 Å². The molecule has 2 aromatic heterocycles. The third kappa shape index (κ3) is 2.42. The second-order valence-electron chi connectivity index (χ2n) is 3.05. The summed E-state index contributed by atoms with van der Waals surface area (Å²) in [5.41, 5.74) is 0.996. The number of aryl methyl sites for hydroxylation is 1. The quantitative estimate of drug-likeness (QED) is 0.507. The fraction of sp³-hybridized carbons (Fsp3) is 0.200. The molecular weight excluding hydrogens is 422 g/mol. The second kappa shape index (κ2) is 5.29. The van der Waals surface area contributed by atoms with Gasteiger partial charge in [-0.1, -0.05) is 18.5 Å². The zero-order valence-electron chi connectivity index (χ0n) is 8.30. The molecule has 0 spiro atoms. The summed E-state index contributed by atoms with van der Waals surface area (Å²) < 4.78 is 1.95. The van der Waals surface area contributed by atoms with Gasteiger partial charge in [-0.3, -0.25) is 0 Å². The third-order valence-electron chi connectivity index (χ3n) is 2.03. The van der Waals surface area contributed by atoms with Crippen LogP contribution < -0.4 is 0 Å². The van der Waals surface area contributed by atoms with Crippen molar-refractivity contribution < 1.29 is 0 Å². The molecule has 0 aromatic carbocycles. The van der Waals surface area contributed by atoms with E-state index in [4.69, 9.17) is 11.6 Å². The third-order valence-corrected chi connectivity index (χ3v) is 5.59. The van der Waals surface area contributed by atoms with Crippen molar-refractivity contribution in [3.05, 3.63) is 30.3 Å². The molecule has 2 nitrogen and oxygen atoms in total. The summed E-state index contributed by atoms with van der Waals surface area (Å²) >= 11 is 13.4. The lowest BCUT2D eigenvalue weighted by molar-refractivity contribution is 0.991. The molecule has 0 aliphatic rings. The van der Waals surface area contributed by atoms with Crippen molar-refractivity contribution in [3.63, 3.8) is 0 Å². The van der Waals surface area contributed by atoms with Crippen LogP contribution in [0.3, 0.4) is 0 Å². The molecule has 0 aliphatic heterocycles. The van der Waals surface area contributed by atoms with Crippen molar-refractivity contribution in [3.8, 4) is 10.7 Å². The Balaban J connectivity index is 2.59. The van der Waals surface area contributed by atoms with Crippen LogP contribution >= 0.6 is 61.5 Å². The molecule has 2 rings (SSSR count). The highest BCUT2D eigenvalue weighted by Crippen LogP contribution is 2.33. The number of nitrogens with zero attached hydrogens (tertiary/aromatic N) is 2. The van der Waals surface area contributed by atoms with Crippen LogP contribution in [0.4, 0.5) is 0 Å². The highest BCUT2D eigenvalue weighted by atomic mass is 127. The number of hydrogen-bond acceptors (Lipinski definition) is 3. The molecule has 0 radical (unpaired) electrons. The summed E-state index contributed by atoms with van der Waals surface area (Å²) in [6, 6.07) is 1.99. The standard InChI is InChI=1S/C10H7BrClIN2S/c1-2-6-7(13)9(12)15-10(14-6)8-5(11)3-4-16-8/h3-4H,2H2,1H3. The molecule has 0 N–H and O–H groups in total. The van der Waals surface area contributed by atoms with Crippen LogP contribution in [0.15, 0.2) is 15.9 Å². The SMILES string of the molecule is CCc1nc(-c2sccc2Br)nc(Cl)c1I. The van der Waals surface area contributed by atoms with Gasteiger partial charge in [0.15, 0.2) is 5.82 Å². The van der Waals surface area contributed by atoms with E-state index >= 15 is 0 Å². The first-order valence-corrected chi connectivity index (χ1v) is 7.71. The maximum absolute atomic E-state index is 6.10. The van der Waals surface area contributed by atoms with E-state index in [0.29, 0.717) is 11.0 Å². The minimum Gasteiger partial charge on any atom is -0.231 e. The van der Waals surface area contributed by atoms with Crippen LogP contribution in [0.25, 0.3) is 10.7 Å². The highest BCUT2D eigenvalue weighted by Gasteiger charge is 2.13. The van der Waals surface area contributed by atoms with Gasteiger partial charge in [0.05, 0.1) is 14.1 Å². The van der Waals surface area contributed by atoms with Crippen molar-refractivity contribution in [1.29, 1.82) is 0 Å². The Morgan fingerprint density at radius 2 is 2.25 bits per heavy atom. The average molecular weight is 430 g/mol. The Kier molecular flexibility index (Phi) is 4.21. The Morgan fingerprint density at radius 3 is 2.81 bits per heavy atom. The topological polar surface area (TPSA) is 25.8 Å². The maximum Gasteiger partial charge on any atom is 0.172 e. The van der Waals surface area contributed by atoms with Crippen molar-refractivity contribution in [2.45, 2.75) is 13.3 Å². The van der Waals surface area contributed by atoms with Crippen molar-refractivity contribution in [1.82, 2.24) is 9.97 Å². The van der Waals surface area contributed by atoms with Gasteiger partial charge in [0.1, 0.15) is 5.15 Å². The average Bonchev–Trinajstić information content (AvgIpc) is 2.68. The van der Waals surface area contributed by atoms with Gasteiger partial charge in [0.2, 0.25) is 0 Å². The van der Waals surface area contributed by atoms with E-state index in [0.717, 1.165) is 25.0 Å². The second-order valence-corrected chi connectivity index (χ2v) is 6.26. The predicted molar refractivity (Wildman–Crippen MR) is 80.2 cm³/mol. The minimum absolute atomic E-state index is 0.530. The van der Waals surface area contributed by atoms with Crippen LogP contribution in [0, 0.1) is 3.57 Å². The van der Waals surface area contributed by atoms with Gasteiger partial charge < -0.3 is 0 Å². The summed E-state index contributed by atoms with van der Waals surface area (Å²) in [7, 11) is 0. The molecule has 0 unspecified atom stereocenters. The van der Waals surface area contributed by atoms with Crippen LogP contribution in [0.5, 0.6) is 0 Å². The number of hydrogen-bond donors (Lipinski definition) is 0. The van der Waals surface area contributed by atoms with Gasteiger partial charge in [-0.25, -0.2) is 9.97 Å². The zero-order valence-corrected chi connectivity index (χ0v) is 13.6. The summed E-state index contributed by atoms with van der Waals surface area (Å²) in [4.78, 5) is 9.87. The molecule has 2 aromatic rings. The lowest BCUT2D eigenvalue weighted by Crippen LogP contribution is -1.98. The van der Waals surface area contributed by atoms with E-state index in [-0.39, 0.29) is 0 Å². The van der Waals surface area contributed by atoms with Gasteiger partial charge in [0, 0.05) is 4.47 Å². The molecule has 0 bridgehead atoms. The molecule has 16 heavy (non-hydrogen) atoms. The molecule has 0 fully saturated rings. The van der Waals surface area contributed by atoms with Crippen molar-refractivity contribution >= 4 is 61.5 Å². The summed E-state index contributed by atoms with van der Waals surface area (Å²) in [5, 5.41) is 2.53. The Hall–Kier alpha value is 0.280. The van der Waals surface area contributed by atoms with Crippen LogP contribution in [-0.2, 0) is 6.42 Å². The molecule has 84 valence electrons. The van der Waals surface area contributed by atoms with E-state index in [1.165, 1.54) is 0 Å². The number of thiophene rings is 1. The molecular formula is C10H7BrClIN2S. The zero-order chi connectivity index (χ0) is 11.7. The smallest absolute Gasteiger partial charge is 0.172 e. The Bertz CT molecular complexity index is 530. The van der Waals surface area contributed by atoms with Gasteiger partial charge >= 0.3 is 0 Å². The molecule has 6 heteroatoms. The highest BCUT2D eigenvalue weighted by molar-refractivity contribution is 14.1. The van der Waals surface area contributed by atoms with Crippen LogP contribution in [0.2, 0.25) is 5.15 Å². The molecule has 0 saturated heterocycles. The van der Waals surface area contributed by atoms with Gasteiger partial charge in [-0.05, 0) is 56.4 Å². The summed E-state index contributed by atoms with van der Waals surface area (Å²) in [6.07, 6.45) is 0.858. The van der Waals surface area contributed by atoms with E-state index in [1.807, 2.05) is 11.4 Å². The van der Waals surface area contributed by atoms with Crippen LogP contribution in [-0.4, -0.2) is 9.97 Å². The molecule has 2 heterocycles. The van der Waals surface area contributed by atoms with Gasteiger partial charge in [-0.15, -0.1) is 11.3 Å². The first-order chi connectivity index (χ1) is 7.63. The number of aromatic nitrogens is 2. The summed E-state index contributed by atoms with van der Waals surface area (Å²) in [5.74, 6) is 0.698. The molecule has 0 saturated carbocycles. The first-order valence-electron chi connectivity index (χ1n) is 4.58. The largest absolute Gasteiger partial charge is 0.231 e. The monoisotopic (exact) mass is 428 g/mol. The van der Waals surface area contributed by atoms with E-state index in [2.05, 4.69) is 55.4 Å². The number of rotatable bonds is 2. The molecule has 0 aliphatic carbocycles. The maximum atomic E-state index is 6.10. The lowest BCUT2D eigenvalue weighted by Gasteiger charge is -2.05. The Morgan fingerprint density at radius 1 is 1.50 bits per heavy atom. The molecule has 0 amide bonds. The molecule has 0 atom stereocenters. The summed E-state index contributed by atoms with van der Waals surface area (Å²) in [6.45, 7) is 2.06. The number of halogens is 3. The van der Waals surface area contributed by atoms with Gasteiger partial charge in [-0.2, -0.15) is 0 Å². The van der Waals surface area contributed by atoms with E-state index < -0.39 is 0 Å². The van der Waals surface area contributed by atoms with Crippen LogP contribution in [0.1, 0.15) is 12.6 Å². The lowest BCUT2D eigenvalue weighted by atomic mass is 10.3. The minimum atomic E-state index is 0.530. The predicted octanol–water partition coefficient (Wildman–Crippen LogP) is 4.79. The first kappa shape index (κ1) is 12.7.